The number of allylic oxidation sites excluding steroid dienone is 3. The highest BCUT2D eigenvalue weighted by molar-refractivity contribution is 4.96. The summed E-state index contributed by atoms with van der Waals surface area (Å²) in [5, 5.41) is 8.61. The lowest BCUT2D eigenvalue weighted by molar-refractivity contribution is 0.259. The summed E-state index contributed by atoms with van der Waals surface area (Å²) in [6.45, 7) is 12.1. The molecular weight excluding hydrogens is 160 g/mol. The van der Waals surface area contributed by atoms with Gasteiger partial charge in [0.2, 0.25) is 0 Å². The normalized spacial score (nSPS) is 11.8. The molecule has 0 rings (SSSR count). The molecule has 0 spiro atoms. The Labute approximate surface area is 82.5 Å². The minimum atomic E-state index is 0.312. The molecule has 0 aliphatic rings. The summed E-state index contributed by atoms with van der Waals surface area (Å²) in [5.41, 5.74) is 0. The Kier molecular flexibility index (Phi) is 15.5. The van der Waals surface area contributed by atoms with Crippen LogP contribution >= 0.6 is 0 Å². The van der Waals surface area contributed by atoms with E-state index in [1.54, 1.807) is 6.08 Å². The Balaban J connectivity index is 0. The summed E-state index contributed by atoms with van der Waals surface area (Å²) >= 11 is 0. The van der Waals surface area contributed by atoms with Crippen molar-refractivity contribution in [3.8, 4) is 0 Å². The van der Waals surface area contributed by atoms with E-state index < -0.39 is 0 Å². The summed E-state index contributed by atoms with van der Waals surface area (Å²) < 4.78 is 0. The Morgan fingerprint density at radius 2 is 1.92 bits per heavy atom. The second-order valence-electron chi connectivity index (χ2n) is 2.86. The van der Waals surface area contributed by atoms with Gasteiger partial charge in [-0.3, -0.25) is 0 Å². The van der Waals surface area contributed by atoms with Gasteiger partial charge in [-0.15, -0.1) is 13.2 Å². The second kappa shape index (κ2) is 13.7. The van der Waals surface area contributed by atoms with Crippen molar-refractivity contribution in [1.82, 2.24) is 0 Å². The van der Waals surface area contributed by atoms with Gasteiger partial charge in [0.25, 0.3) is 0 Å². The minimum Gasteiger partial charge on any atom is -0.396 e. The predicted octanol–water partition coefficient (Wildman–Crippen LogP) is 3.33. The fourth-order valence-corrected chi connectivity index (χ4v) is 0.938. The molecule has 0 bridgehead atoms. The zero-order valence-electron chi connectivity index (χ0n) is 8.71. The molecule has 1 atom stereocenters. The van der Waals surface area contributed by atoms with E-state index in [0.717, 1.165) is 19.3 Å². The number of aliphatic hydroxyl groups excluding tert-OH is 1. The lowest BCUT2D eigenvalue weighted by atomic mass is 10.0. The maximum absolute atomic E-state index is 8.61. The molecule has 1 N–H and O–H groups in total. The first-order chi connectivity index (χ1) is 6.31. The van der Waals surface area contributed by atoms with Gasteiger partial charge < -0.3 is 5.11 Å². The molecule has 13 heavy (non-hydrogen) atoms. The van der Waals surface area contributed by atoms with E-state index in [0.29, 0.717) is 12.5 Å². The highest BCUT2D eigenvalue weighted by Gasteiger charge is 1.97. The van der Waals surface area contributed by atoms with Crippen LogP contribution in [0.25, 0.3) is 0 Å². The minimum absolute atomic E-state index is 0.312. The van der Waals surface area contributed by atoms with Crippen molar-refractivity contribution in [2.24, 2.45) is 5.92 Å². The Bertz CT molecular complexity index is 127. The van der Waals surface area contributed by atoms with Crippen molar-refractivity contribution in [3.05, 3.63) is 38.0 Å². The zero-order valence-corrected chi connectivity index (χ0v) is 8.71. The quantitative estimate of drug-likeness (QED) is 0.493. The molecule has 0 heterocycles. The predicted molar refractivity (Wildman–Crippen MR) is 60.7 cm³/mol. The van der Waals surface area contributed by atoms with Crippen LogP contribution in [0, 0.1) is 5.92 Å². The standard InChI is InChI=1S/C10H18O.C2H4/c1-3-4-5-6-7-10(2)8-9-11;1-2/h3-5,10-11H,1,6-9H2,2H3;1-2H2/b5-4+;. The molecule has 0 fully saturated rings. The molecular formula is C12H22O. The van der Waals surface area contributed by atoms with E-state index in [1.165, 1.54) is 0 Å². The molecule has 0 radical (unpaired) electrons. The molecule has 76 valence electrons. The third kappa shape index (κ3) is 14.1. The first-order valence-electron chi connectivity index (χ1n) is 4.69. The van der Waals surface area contributed by atoms with E-state index in [2.05, 4.69) is 32.7 Å². The van der Waals surface area contributed by atoms with Crippen LogP contribution < -0.4 is 0 Å². The monoisotopic (exact) mass is 182 g/mol. The first-order valence-corrected chi connectivity index (χ1v) is 4.69. The number of rotatable bonds is 6. The van der Waals surface area contributed by atoms with Crippen LogP contribution in [0.2, 0.25) is 0 Å². The molecule has 0 saturated carbocycles. The maximum atomic E-state index is 8.61. The van der Waals surface area contributed by atoms with Gasteiger partial charge in [-0.1, -0.05) is 31.7 Å². The number of hydrogen-bond acceptors (Lipinski definition) is 1. The summed E-state index contributed by atoms with van der Waals surface area (Å²) in [6, 6.07) is 0. The summed E-state index contributed by atoms with van der Waals surface area (Å²) in [4.78, 5) is 0. The molecule has 0 aromatic rings. The van der Waals surface area contributed by atoms with Gasteiger partial charge in [-0.25, -0.2) is 0 Å². The van der Waals surface area contributed by atoms with Crippen LogP contribution in [0.1, 0.15) is 26.2 Å². The van der Waals surface area contributed by atoms with E-state index in [4.69, 9.17) is 5.11 Å². The fourth-order valence-electron chi connectivity index (χ4n) is 0.938. The van der Waals surface area contributed by atoms with Gasteiger partial charge in [-0.05, 0) is 25.2 Å². The molecule has 1 heteroatoms. The SMILES string of the molecule is C=C.C=C/C=C/CCC(C)CCO. The highest BCUT2D eigenvalue weighted by Crippen LogP contribution is 2.09. The van der Waals surface area contributed by atoms with Crippen molar-refractivity contribution in [2.75, 3.05) is 6.61 Å². The van der Waals surface area contributed by atoms with Crippen LogP contribution in [0.4, 0.5) is 0 Å². The first kappa shape index (κ1) is 14.7. The van der Waals surface area contributed by atoms with Gasteiger partial charge in [0.15, 0.2) is 0 Å². The van der Waals surface area contributed by atoms with Crippen molar-refractivity contribution >= 4 is 0 Å². The van der Waals surface area contributed by atoms with E-state index in [-0.39, 0.29) is 0 Å². The second-order valence-corrected chi connectivity index (χ2v) is 2.86. The zero-order chi connectivity index (χ0) is 10.5. The third-order valence-corrected chi connectivity index (χ3v) is 1.72. The number of hydrogen-bond donors (Lipinski definition) is 1. The molecule has 0 aromatic heterocycles. The smallest absolute Gasteiger partial charge is 0.0433 e. The maximum Gasteiger partial charge on any atom is 0.0433 e. The van der Waals surface area contributed by atoms with Gasteiger partial charge in [0.05, 0.1) is 0 Å². The average Bonchev–Trinajstić information content (AvgIpc) is 2.16. The largest absolute Gasteiger partial charge is 0.396 e. The Morgan fingerprint density at radius 3 is 2.38 bits per heavy atom. The average molecular weight is 182 g/mol. The summed E-state index contributed by atoms with van der Waals surface area (Å²) in [5.74, 6) is 0.634. The fraction of sp³-hybridized carbons (Fsp3) is 0.500. The third-order valence-electron chi connectivity index (χ3n) is 1.72. The van der Waals surface area contributed by atoms with Crippen molar-refractivity contribution in [1.29, 1.82) is 0 Å². The van der Waals surface area contributed by atoms with Gasteiger partial charge in [-0.2, -0.15) is 0 Å². The van der Waals surface area contributed by atoms with E-state index in [1.807, 2.05) is 6.08 Å². The molecule has 0 aliphatic carbocycles. The van der Waals surface area contributed by atoms with Gasteiger partial charge in [0.1, 0.15) is 0 Å². The molecule has 1 unspecified atom stereocenters. The molecule has 0 aliphatic heterocycles. The van der Waals surface area contributed by atoms with Gasteiger partial charge >= 0.3 is 0 Å². The van der Waals surface area contributed by atoms with Gasteiger partial charge in [0, 0.05) is 6.61 Å². The topological polar surface area (TPSA) is 20.2 Å². The summed E-state index contributed by atoms with van der Waals surface area (Å²) in [7, 11) is 0. The lowest BCUT2D eigenvalue weighted by Gasteiger charge is -2.05. The van der Waals surface area contributed by atoms with Crippen LogP contribution in [0.5, 0.6) is 0 Å². The van der Waals surface area contributed by atoms with Crippen molar-refractivity contribution in [2.45, 2.75) is 26.2 Å². The molecule has 0 amide bonds. The van der Waals surface area contributed by atoms with Crippen LogP contribution in [-0.4, -0.2) is 11.7 Å². The van der Waals surface area contributed by atoms with Crippen molar-refractivity contribution < 1.29 is 5.11 Å². The Hall–Kier alpha value is -0.820. The van der Waals surface area contributed by atoms with Crippen molar-refractivity contribution in [3.63, 3.8) is 0 Å². The molecule has 0 saturated heterocycles. The van der Waals surface area contributed by atoms with E-state index in [9.17, 15) is 0 Å². The van der Waals surface area contributed by atoms with Crippen LogP contribution in [0.3, 0.4) is 0 Å². The highest BCUT2D eigenvalue weighted by atomic mass is 16.2. The number of aliphatic hydroxyl groups is 1. The summed E-state index contributed by atoms with van der Waals surface area (Å²) in [6.07, 6.45) is 9.03. The van der Waals surface area contributed by atoms with E-state index >= 15 is 0 Å². The Morgan fingerprint density at radius 1 is 1.31 bits per heavy atom. The lowest BCUT2D eigenvalue weighted by Crippen LogP contribution is -1.96. The molecule has 1 nitrogen and oxygen atoms in total. The van der Waals surface area contributed by atoms with Crippen LogP contribution in [-0.2, 0) is 0 Å². The van der Waals surface area contributed by atoms with Crippen LogP contribution in [0.15, 0.2) is 38.0 Å². The molecule has 0 aromatic carbocycles.